The Morgan fingerprint density at radius 1 is 1.53 bits per heavy atom. The first-order valence-corrected chi connectivity index (χ1v) is 6.02. The van der Waals surface area contributed by atoms with Gasteiger partial charge in [-0.25, -0.2) is 0 Å². The van der Waals surface area contributed by atoms with Crippen LogP contribution in [0.25, 0.3) is 0 Å². The van der Waals surface area contributed by atoms with Crippen molar-refractivity contribution in [2.24, 2.45) is 0 Å². The quantitative estimate of drug-likeness (QED) is 0.693. The third-order valence-corrected chi connectivity index (χ3v) is 3.28. The predicted molar refractivity (Wildman–Crippen MR) is 59.6 cm³/mol. The lowest BCUT2D eigenvalue weighted by Gasteiger charge is -2.36. The van der Waals surface area contributed by atoms with Crippen LogP contribution in [0.5, 0.6) is 0 Å². The molecule has 0 aromatic rings. The van der Waals surface area contributed by atoms with Crippen molar-refractivity contribution in [2.75, 3.05) is 26.2 Å². The van der Waals surface area contributed by atoms with Crippen LogP contribution in [0, 0.1) is 0 Å². The van der Waals surface area contributed by atoms with Gasteiger partial charge in [0.25, 0.3) is 0 Å². The van der Waals surface area contributed by atoms with E-state index in [2.05, 4.69) is 5.32 Å². The molecule has 0 bridgehead atoms. The number of carboxylic acids is 1. The van der Waals surface area contributed by atoms with Gasteiger partial charge in [0.05, 0.1) is 12.6 Å². The summed E-state index contributed by atoms with van der Waals surface area (Å²) in [7, 11) is 0. The van der Waals surface area contributed by atoms with Crippen LogP contribution in [0.3, 0.4) is 0 Å². The molecule has 17 heavy (non-hydrogen) atoms. The normalized spacial score (nSPS) is 30.9. The number of hydrogen-bond donors (Lipinski definition) is 2. The smallest absolute Gasteiger partial charge is 0.322 e. The van der Waals surface area contributed by atoms with Gasteiger partial charge >= 0.3 is 5.97 Å². The molecular weight excluding hydrogens is 224 g/mol. The largest absolute Gasteiger partial charge is 0.480 e. The van der Waals surface area contributed by atoms with Gasteiger partial charge in [-0.1, -0.05) is 0 Å². The third-order valence-electron chi connectivity index (χ3n) is 3.28. The van der Waals surface area contributed by atoms with Crippen LogP contribution in [0.15, 0.2) is 0 Å². The van der Waals surface area contributed by atoms with Crippen LogP contribution < -0.4 is 5.32 Å². The first-order chi connectivity index (χ1) is 8.16. The Morgan fingerprint density at radius 3 is 3.00 bits per heavy atom. The number of aliphatic carboxylic acids is 1. The molecular formula is C11H18N2O4. The van der Waals surface area contributed by atoms with E-state index in [0.29, 0.717) is 6.54 Å². The fourth-order valence-corrected chi connectivity index (χ4v) is 2.34. The Balaban J connectivity index is 1.94. The van der Waals surface area contributed by atoms with Crippen molar-refractivity contribution in [3.8, 4) is 0 Å². The molecule has 96 valence electrons. The Labute approximate surface area is 99.9 Å². The molecule has 2 N–H and O–H groups in total. The third kappa shape index (κ3) is 3.17. The fraction of sp³-hybridized carbons (Fsp3) is 0.818. The highest BCUT2D eigenvalue weighted by molar-refractivity contribution is 5.83. The Morgan fingerprint density at radius 2 is 2.35 bits per heavy atom. The molecule has 2 atom stereocenters. The molecule has 2 aliphatic rings. The van der Waals surface area contributed by atoms with Gasteiger partial charge in [0.1, 0.15) is 6.04 Å². The first kappa shape index (κ1) is 12.3. The molecule has 0 aromatic heterocycles. The average Bonchev–Trinajstić information content (AvgIpc) is 2.30. The standard InChI is InChI=1S/C11H18N2O4/c14-10-7-13(9(5-12-10)11(15)16)6-8-3-1-2-4-17-8/h8-9H,1-7H2,(H,12,14)(H,15,16). The number of nitrogens with zero attached hydrogens (tertiary/aromatic N) is 1. The number of nitrogens with one attached hydrogen (secondary N) is 1. The Bertz CT molecular complexity index is 302. The molecule has 0 saturated carbocycles. The Hall–Kier alpha value is -1.14. The predicted octanol–water partition coefficient (Wildman–Crippen LogP) is -0.559. The van der Waals surface area contributed by atoms with E-state index in [9.17, 15) is 9.59 Å². The molecule has 0 radical (unpaired) electrons. The van der Waals surface area contributed by atoms with E-state index in [1.165, 1.54) is 0 Å². The maximum atomic E-state index is 11.3. The monoisotopic (exact) mass is 242 g/mol. The maximum absolute atomic E-state index is 11.3. The lowest BCUT2D eigenvalue weighted by molar-refractivity contribution is -0.147. The zero-order chi connectivity index (χ0) is 12.3. The highest BCUT2D eigenvalue weighted by atomic mass is 16.5. The summed E-state index contributed by atoms with van der Waals surface area (Å²) in [4.78, 5) is 24.1. The molecule has 2 rings (SSSR count). The van der Waals surface area contributed by atoms with Gasteiger partial charge < -0.3 is 15.2 Å². The van der Waals surface area contributed by atoms with Gasteiger partial charge in [0, 0.05) is 19.7 Å². The fourth-order valence-electron chi connectivity index (χ4n) is 2.34. The molecule has 0 aromatic carbocycles. The second-order valence-corrected chi connectivity index (χ2v) is 4.58. The number of rotatable bonds is 3. The molecule has 2 unspecified atom stereocenters. The van der Waals surface area contributed by atoms with E-state index in [1.807, 2.05) is 0 Å². The van der Waals surface area contributed by atoms with Crippen molar-refractivity contribution in [1.82, 2.24) is 10.2 Å². The second-order valence-electron chi connectivity index (χ2n) is 4.58. The molecule has 2 fully saturated rings. The summed E-state index contributed by atoms with van der Waals surface area (Å²) in [6.45, 7) is 1.60. The molecule has 0 spiro atoms. The van der Waals surface area contributed by atoms with Gasteiger partial charge in [0.15, 0.2) is 0 Å². The van der Waals surface area contributed by atoms with Crippen molar-refractivity contribution in [3.05, 3.63) is 0 Å². The summed E-state index contributed by atoms with van der Waals surface area (Å²) >= 11 is 0. The van der Waals surface area contributed by atoms with Crippen LogP contribution in [0.2, 0.25) is 0 Å². The summed E-state index contributed by atoms with van der Waals surface area (Å²) < 4.78 is 5.58. The van der Waals surface area contributed by atoms with Gasteiger partial charge in [-0.05, 0) is 19.3 Å². The van der Waals surface area contributed by atoms with Crippen molar-refractivity contribution >= 4 is 11.9 Å². The molecule has 2 saturated heterocycles. The zero-order valence-electron chi connectivity index (χ0n) is 9.72. The molecule has 0 aliphatic carbocycles. The molecule has 6 nitrogen and oxygen atoms in total. The first-order valence-electron chi connectivity index (χ1n) is 6.02. The molecule has 2 aliphatic heterocycles. The molecule has 1 amide bonds. The summed E-state index contributed by atoms with van der Waals surface area (Å²) in [5.74, 6) is -1.00. The van der Waals surface area contributed by atoms with Crippen LogP contribution in [0.4, 0.5) is 0 Å². The van der Waals surface area contributed by atoms with Gasteiger partial charge in [0.2, 0.25) is 5.91 Å². The summed E-state index contributed by atoms with van der Waals surface area (Å²) in [5, 5.41) is 11.7. The summed E-state index contributed by atoms with van der Waals surface area (Å²) in [6, 6.07) is -0.627. The van der Waals surface area contributed by atoms with Crippen molar-refractivity contribution in [2.45, 2.75) is 31.4 Å². The zero-order valence-corrected chi connectivity index (χ0v) is 9.72. The number of carboxylic acid groups (broad SMARTS) is 1. The van der Waals surface area contributed by atoms with E-state index in [0.717, 1.165) is 25.9 Å². The number of carbonyl (C=O) groups is 2. The van der Waals surface area contributed by atoms with Crippen LogP contribution in [0.1, 0.15) is 19.3 Å². The number of hydrogen-bond acceptors (Lipinski definition) is 4. The number of piperazine rings is 1. The lowest BCUT2D eigenvalue weighted by Crippen LogP contribution is -2.59. The van der Waals surface area contributed by atoms with Crippen molar-refractivity contribution in [1.29, 1.82) is 0 Å². The van der Waals surface area contributed by atoms with E-state index in [1.54, 1.807) is 4.90 Å². The Kier molecular flexibility index (Phi) is 3.96. The van der Waals surface area contributed by atoms with Gasteiger partial charge in [-0.3, -0.25) is 14.5 Å². The van der Waals surface area contributed by atoms with Crippen molar-refractivity contribution in [3.63, 3.8) is 0 Å². The summed E-state index contributed by atoms with van der Waals surface area (Å²) in [6.07, 6.45) is 3.20. The van der Waals surface area contributed by atoms with Gasteiger partial charge in [-0.2, -0.15) is 0 Å². The van der Waals surface area contributed by atoms with E-state index < -0.39 is 12.0 Å². The van der Waals surface area contributed by atoms with Crippen molar-refractivity contribution < 1.29 is 19.4 Å². The van der Waals surface area contributed by atoms with E-state index in [-0.39, 0.29) is 25.1 Å². The topological polar surface area (TPSA) is 78.9 Å². The van der Waals surface area contributed by atoms with Crippen LogP contribution in [-0.4, -0.2) is 60.3 Å². The van der Waals surface area contributed by atoms with Gasteiger partial charge in [-0.15, -0.1) is 0 Å². The lowest BCUT2D eigenvalue weighted by atomic mass is 10.1. The minimum absolute atomic E-state index is 0.0662. The number of carbonyl (C=O) groups excluding carboxylic acids is 1. The highest BCUT2D eigenvalue weighted by Gasteiger charge is 2.33. The average molecular weight is 242 g/mol. The SMILES string of the molecule is O=C1CN(CC2CCCCO2)C(C(=O)O)CN1. The van der Waals surface area contributed by atoms with Crippen LogP contribution in [-0.2, 0) is 14.3 Å². The number of ether oxygens (including phenoxy) is 1. The van der Waals surface area contributed by atoms with E-state index >= 15 is 0 Å². The minimum Gasteiger partial charge on any atom is -0.480 e. The summed E-state index contributed by atoms with van der Waals surface area (Å²) in [5.41, 5.74) is 0. The second kappa shape index (κ2) is 5.46. The maximum Gasteiger partial charge on any atom is 0.322 e. The minimum atomic E-state index is -0.888. The van der Waals surface area contributed by atoms with Crippen LogP contribution >= 0.6 is 0 Å². The highest BCUT2D eigenvalue weighted by Crippen LogP contribution is 2.16. The molecule has 2 heterocycles. The molecule has 6 heteroatoms. The van der Waals surface area contributed by atoms with E-state index in [4.69, 9.17) is 9.84 Å². The number of amides is 1.